The summed E-state index contributed by atoms with van der Waals surface area (Å²) in [6, 6.07) is 3.44. The van der Waals surface area contributed by atoms with Gasteiger partial charge >= 0.3 is 11.9 Å². The molecule has 4 rings (SSSR count). The normalized spacial score (nSPS) is 14.4. The lowest BCUT2D eigenvalue weighted by atomic mass is 10.2. The van der Waals surface area contributed by atoms with Gasteiger partial charge in [-0.2, -0.15) is 22.5 Å². The first-order valence-corrected chi connectivity index (χ1v) is 15.1. The van der Waals surface area contributed by atoms with E-state index in [1.54, 1.807) is 0 Å². The van der Waals surface area contributed by atoms with E-state index in [2.05, 4.69) is 9.97 Å². The predicted octanol–water partition coefficient (Wildman–Crippen LogP) is 2.61. The van der Waals surface area contributed by atoms with Crippen LogP contribution in [-0.4, -0.2) is 59.1 Å². The maximum absolute atomic E-state index is 13.2. The Hall–Kier alpha value is -3.04. The Labute approximate surface area is 203 Å². The van der Waals surface area contributed by atoms with Crippen LogP contribution < -0.4 is 5.69 Å². The number of aromatic nitrogens is 5. The smallest absolute Gasteiger partial charge is 0.312 e. The maximum atomic E-state index is 13.2. The van der Waals surface area contributed by atoms with Crippen molar-refractivity contribution < 1.29 is 30.4 Å². The van der Waals surface area contributed by atoms with Crippen LogP contribution in [0.25, 0.3) is 33.6 Å². The van der Waals surface area contributed by atoms with E-state index >= 15 is 0 Å². The van der Waals surface area contributed by atoms with Crippen molar-refractivity contribution in [3.05, 3.63) is 40.4 Å². The zero-order valence-electron chi connectivity index (χ0n) is 20.0. The Bertz CT molecular complexity index is 1780. The number of benzene rings is 1. The van der Waals surface area contributed by atoms with Crippen LogP contribution in [0.2, 0.25) is 0 Å². The number of rotatable bonds is 5. The molecule has 0 fully saturated rings. The highest BCUT2D eigenvalue weighted by atomic mass is 32.3. The van der Waals surface area contributed by atoms with E-state index in [0.29, 0.717) is 6.20 Å². The molecule has 15 heteroatoms. The van der Waals surface area contributed by atoms with Crippen LogP contribution in [0, 0.1) is 0 Å². The molecule has 0 aliphatic rings. The Kier molecular flexibility index (Phi) is 5.59. The van der Waals surface area contributed by atoms with Crippen molar-refractivity contribution in [2.45, 2.75) is 23.9 Å². The van der Waals surface area contributed by atoms with Gasteiger partial charge in [0.2, 0.25) is 0 Å². The van der Waals surface area contributed by atoms with E-state index in [1.807, 2.05) is 0 Å². The molecular weight excluding hydrogens is 523 g/mol. The summed E-state index contributed by atoms with van der Waals surface area (Å²) >= 11 is 0. The van der Waals surface area contributed by atoms with Crippen molar-refractivity contribution in [3.63, 3.8) is 0 Å². The van der Waals surface area contributed by atoms with Gasteiger partial charge < -0.3 is 9.12 Å². The Morgan fingerprint density at radius 1 is 1.08 bits per heavy atom. The fraction of sp³-hybridized carbons (Fsp3) is 0.381. The fourth-order valence-electron chi connectivity index (χ4n) is 3.98. The van der Waals surface area contributed by atoms with Crippen molar-refractivity contribution in [3.8, 4) is 11.4 Å². The summed E-state index contributed by atoms with van der Waals surface area (Å²) in [5, 5.41) is 0. The number of hydrogen-bond acceptors (Lipinski definition) is 6. The molecule has 0 amide bonds. The topological polar surface area (TPSA) is 129 Å². The van der Waals surface area contributed by atoms with Crippen LogP contribution in [0.4, 0.5) is 13.2 Å². The Morgan fingerprint density at radius 3 is 2.28 bits per heavy atom. The molecule has 36 heavy (non-hydrogen) atoms. The first-order valence-electron chi connectivity index (χ1n) is 10.5. The molecule has 0 radical (unpaired) electrons. The number of hydrogen-bond donors (Lipinski definition) is 1. The minimum Gasteiger partial charge on any atom is -0.312 e. The van der Waals surface area contributed by atoms with Crippen LogP contribution in [0.5, 0.6) is 0 Å². The van der Waals surface area contributed by atoms with Gasteiger partial charge in [0, 0.05) is 38.4 Å². The van der Waals surface area contributed by atoms with Gasteiger partial charge in [-0.3, -0.25) is 9.13 Å². The molecule has 1 aromatic carbocycles. The number of halogens is 3. The molecule has 10 nitrogen and oxygen atoms in total. The van der Waals surface area contributed by atoms with Crippen LogP contribution in [0.15, 0.2) is 34.1 Å². The molecule has 3 aromatic heterocycles. The quantitative estimate of drug-likeness (QED) is 0.407. The van der Waals surface area contributed by atoms with Crippen molar-refractivity contribution in [1.82, 2.24) is 23.7 Å². The largest absolute Gasteiger partial charge is 0.417 e. The number of sulfone groups is 1. The van der Waals surface area contributed by atoms with Gasteiger partial charge in [-0.1, -0.05) is 6.92 Å². The maximum Gasteiger partial charge on any atom is 0.417 e. The molecule has 0 saturated heterocycles. The van der Waals surface area contributed by atoms with Gasteiger partial charge in [-0.25, -0.2) is 27.4 Å². The lowest BCUT2D eigenvalue weighted by Gasteiger charge is -2.33. The van der Waals surface area contributed by atoms with E-state index in [4.69, 9.17) is 0 Å². The number of nitrogens with zero attached hydrogens (tertiary/aromatic N) is 5. The average Bonchev–Trinajstić information content (AvgIpc) is 3.20. The number of pyridine rings is 1. The van der Waals surface area contributed by atoms with Gasteiger partial charge in [-0.15, -0.1) is 0 Å². The standard InChI is InChI=1S/C21H24F3N5O5S2/c1-6-35(31,32)17-9-15-16(29(20(30)27(15)2)11-36(4,5,33)34)8-13(17)18-26-14-7-12(21(22,23)24)10-25-19(14)28(18)3/h7-10H,6,11H2,1-5H3,(H,33,34). The summed E-state index contributed by atoms with van der Waals surface area (Å²) < 4.78 is 92.3. The second-order valence-electron chi connectivity index (χ2n) is 9.20. The number of alkyl halides is 3. The summed E-state index contributed by atoms with van der Waals surface area (Å²) in [7, 11) is -5.24. The second-order valence-corrected chi connectivity index (χ2v) is 15.7. The zero-order valence-corrected chi connectivity index (χ0v) is 21.6. The average molecular weight is 548 g/mol. The van der Waals surface area contributed by atoms with E-state index in [-0.39, 0.29) is 44.2 Å². The minimum atomic E-state index is -4.65. The second kappa shape index (κ2) is 7.73. The molecule has 0 spiro atoms. The molecule has 0 aliphatic carbocycles. The summed E-state index contributed by atoms with van der Waals surface area (Å²) in [5.41, 5.74) is -1.28. The summed E-state index contributed by atoms with van der Waals surface area (Å²) in [6.07, 6.45) is -1.78. The minimum absolute atomic E-state index is 0.00301. The summed E-state index contributed by atoms with van der Waals surface area (Å²) in [6.45, 7) is 1.43. The highest BCUT2D eigenvalue weighted by Crippen LogP contribution is 2.35. The van der Waals surface area contributed by atoms with E-state index in [9.17, 15) is 35.1 Å². The van der Waals surface area contributed by atoms with E-state index < -0.39 is 42.5 Å². The SMILES string of the molecule is CCS(=O)(=O)c1cc2c(cc1-c1nc3cc(C(F)(F)F)cnc3n1C)n(CS(C)(C)(=O)O)c(=O)n2C. The third-order valence-corrected chi connectivity index (χ3v) is 8.50. The molecule has 0 atom stereocenters. The number of imidazole rings is 2. The van der Waals surface area contributed by atoms with Crippen LogP contribution in [0.3, 0.4) is 0 Å². The van der Waals surface area contributed by atoms with Gasteiger partial charge in [0.05, 0.1) is 27.2 Å². The van der Waals surface area contributed by atoms with Crippen LogP contribution in [-0.2, 0) is 45.3 Å². The van der Waals surface area contributed by atoms with E-state index in [1.165, 1.54) is 42.3 Å². The lowest BCUT2D eigenvalue weighted by Crippen LogP contribution is -2.37. The predicted molar refractivity (Wildman–Crippen MR) is 130 cm³/mol. The lowest BCUT2D eigenvalue weighted by molar-refractivity contribution is -0.137. The molecule has 196 valence electrons. The third kappa shape index (κ3) is 4.46. The molecule has 3 heterocycles. The van der Waals surface area contributed by atoms with Gasteiger partial charge in [0.15, 0.2) is 15.5 Å². The highest BCUT2D eigenvalue weighted by molar-refractivity contribution is 8.13. The molecule has 0 unspecified atom stereocenters. The molecule has 0 saturated carbocycles. The molecule has 0 bridgehead atoms. The van der Waals surface area contributed by atoms with Crippen molar-refractivity contribution >= 4 is 41.4 Å². The highest BCUT2D eigenvalue weighted by Gasteiger charge is 2.32. The summed E-state index contributed by atoms with van der Waals surface area (Å²) in [5.74, 6) is -0.841. The molecular formula is C21H24F3N5O5S2. The molecule has 0 aliphatic heterocycles. The number of fused-ring (bicyclic) bond motifs is 2. The molecule has 4 aromatic rings. The molecule has 1 N–H and O–H groups in total. The van der Waals surface area contributed by atoms with Crippen LogP contribution >= 0.6 is 0 Å². The first-order chi connectivity index (χ1) is 16.3. The monoisotopic (exact) mass is 547 g/mol. The van der Waals surface area contributed by atoms with Gasteiger partial charge in [0.25, 0.3) is 0 Å². The summed E-state index contributed by atoms with van der Waals surface area (Å²) in [4.78, 5) is 20.9. The third-order valence-electron chi connectivity index (χ3n) is 5.74. The van der Waals surface area contributed by atoms with Gasteiger partial charge in [-0.05, 0) is 18.2 Å². The van der Waals surface area contributed by atoms with Gasteiger partial charge in [0.1, 0.15) is 17.2 Å². The Morgan fingerprint density at radius 2 is 1.72 bits per heavy atom. The first kappa shape index (κ1) is 26.0. The zero-order chi connectivity index (χ0) is 27.0. The number of aryl methyl sites for hydroxylation is 2. The fourth-order valence-corrected chi connectivity index (χ4v) is 6.06. The van der Waals surface area contributed by atoms with E-state index in [0.717, 1.165) is 23.1 Å². The van der Waals surface area contributed by atoms with Crippen molar-refractivity contribution in [2.24, 2.45) is 14.1 Å². The van der Waals surface area contributed by atoms with Crippen molar-refractivity contribution in [1.29, 1.82) is 0 Å². The van der Waals surface area contributed by atoms with Crippen molar-refractivity contribution in [2.75, 3.05) is 18.3 Å². The Balaban J connectivity index is 2.12. The van der Waals surface area contributed by atoms with Crippen LogP contribution in [0.1, 0.15) is 12.5 Å².